The van der Waals surface area contributed by atoms with Crippen LogP contribution in [0.4, 0.5) is 9.18 Å². The number of nitrogens with zero attached hydrogens (tertiary/aromatic N) is 3. The van der Waals surface area contributed by atoms with Gasteiger partial charge in [0.05, 0.1) is 10.7 Å². The van der Waals surface area contributed by atoms with E-state index < -0.39 is 5.82 Å². The van der Waals surface area contributed by atoms with Gasteiger partial charge in [-0.15, -0.1) is 37.2 Å². The van der Waals surface area contributed by atoms with Gasteiger partial charge in [0.2, 0.25) is 0 Å². The second kappa shape index (κ2) is 15.3. The van der Waals surface area contributed by atoms with E-state index in [0.717, 1.165) is 48.6 Å². The van der Waals surface area contributed by atoms with Crippen LogP contribution in [0.25, 0.3) is 11.3 Å². The molecule has 0 atom stereocenters. The maximum absolute atomic E-state index is 13.6. The first-order valence-electron chi connectivity index (χ1n) is 11.2. The SMILES string of the molecule is CN(CCn1cc(-c2ccc(F)c(Cl)c2)nc1C1CCNCC1)C(=O)OCc1ccccc1.Cl.Cl.Cl. The number of imidazole rings is 1. The molecule has 11 heteroatoms. The van der Waals surface area contributed by atoms with Crippen molar-refractivity contribution in [3.05, 3.63) is 77.0 Å². The third-order valence-corrected chi connectivity index (χ3v) is 6.21. The summed E-state index contributed by atoms with van der Waals surface area (Å²) >= 11 is 5.99. The van der Waals surface area contributed by atoms with Crippen LogP contribution < -0.4 is 5.32 Å². The lowest BCUT2D eigenvalue weighted by atomic mass is 9.97. The van der Waals surface area contributed by atoms with Crippen LogP contribution in [-0.2, 0) is 17.9 Å². The lowest BCUT2D eigenvalue weighted by Crippen LogP contribution is -2.32. The van der Waals surface area contributed by atoms with Crippen LogP contribution in [0.15, 0.2) is 54.7 Å². The number of rotatable bonds is 7. The molecule has 0 bridgehead atoms. The summed E-state index contributed by atoms with van der Waals surface area (Å²) in [7, 11) is 1.73. The number of hydrogen-bond donors (Lipinski definition) is 1. The van der Waals surface area contributed by atoms with Crippen LogP contribution in [0, 0.1) is 5.82 Å². The molecule has 1 aromatic heterocycles. The molecule has 1 aliphatic heterocycles. The Morgan fingerprint density at radius 3 is 2.53 bits per heavy atom. The molecule has 0 saturated carbocycles. The highest BCUT2D eigenvalue weighted by Gasteiger charge is 2.22. The minimum absolute atomic E-state index is 0. The van der Waals surface area contributed by atoms with Crippen LogP contribution >= 0.6 is 48.8 Å². The van der Waals surface area contributed by atoms with E-state index in [0.29, 0.717) is 19.0 Å². The monoisotopic (exact) mass is 578 g/mol. The van der Waals surface area contributed by atoms with E-state index in [1.54, 1.807) is 24.1 Å². The number of hydrogen-bond acceptors (Lipinski definition) is 4. The van der Waals surface area contributed by atoms with Crippen LogP contribution in [0.5, 0.6) is 0 Å². The molecular weight excluding hydrogens is 549 g/mol. The molecule has 0 spiro atoms. The molecule has 1 N–H and O–H groups in total. The number of halogens is 5. The second-order valence-electron chi connectivity index (χ2n) is 8.29. The van der Waals surface area contributed by atoms with Crippen molar-refractivity contribution < 1.29 is 13.9 Å². The first-order valence-corrected chi connectivity index (χ1v) is 11.5. The van der Waals surface area contributed by atoms with Gasteiger partial charge in [-0.05, 0) is 49.7 Å². The van der Waals surface area contributed by atoms with Crippen molar-refractivity contribution in [2.45, 2.75) is 31.9 Å². The Kier molecular flexibility index (Phi) is 13.6. The third-order valence-electron chi connectivity index (χ3n) is 5.92. The van der Waals surface area contributed by atoms with Crippen molar-refractivity contribution in [1.29, 1.82) is 0 Å². The number of likely N-dealkylation sites (N-methyl/N-ethyl adjacent to an activating group) is 1. The van der Waals surface area contributed by atoms with Gasteiger partial charge in [0.1, 0.15) is 18.2 Å². The smallest absolute Gasteiger partial charge is 0.409 e. The second-order valence-corrected chi connectivity index (χ2v) is 8.70. The van der Waals surface area contributed by atoms with Gasteiger partial charge < -0.3 is 19.5 Å². The van der Waals surface area contributed by atoms with Crippen molar-refractivity contribution in [3.8, 4) is 11.3 Å². The Hall–Kier alpha value is -2.03. The summed E-state index contributed by atoms with van der Waals surface area (Å²) in [6.07, 6.45) is 3.59. The van der Waals surface area contributed by atoms with Crippen molar-refractivity contribution in [2.75, 3.05) is 26.7 Å². The highest BCUT2D eigenvalue weighted by atomic mass is 35.5. The highest BCUT2D eigenvalue weighted by molar-refractivity contribution is 6.31. The predicted molar refractivity (Wildman–Crippen MR) is 148 cm³/mol. The van der Waals surface area contributed by atoms with Crippen LogP contribution in [0.3, 0.4) is 0 Å². The molecule has 3 aromatic rings. The number of benzene rings is 2. The number of carbonyl (C=O) groups is 1. The van der Waals surface area contributed by atoms with Crippen LogP contribution in [-0.4, -0.2) is 47.2 Å². The van der Waals surface area contributed by atoms with Gasteiger partial charge in [0.25, 0.3) is 0 Å². The average molecular weight is 580 g/mol. The largest absolute Gasteiger partial charge is 0.445 e. The molecule has 1 fully saturated rings. The molecule has 2 aromatic carbocycles. The Labute approximate surface area is 234 Å². The van der Waals surface area contributed by atoms with Gasteiger partial charge in [-0.2, -0.15) is 0 Å². The summed E-state index contributed by atoms with van der Waals surface area (Å²) in [6, 6.07) is 14.3. The highest BCUT2D eigenvalue weighted by Crippen LogP contribution is 2.29. The summed E-state index contributed by atoms with van der Waals surface area (Å²) in [5, 5.41) is 3.46. The normalized spacial score (nSPS) is 13.1. The standard InChI is InChI=1S/C25H28ClFN4O2.3ClH/c1-30(25(32)33-17-18-5-3-2-4-6-18)13-14-31-16-23(20-7-8-22(27)21(26)15-20)29-24(31)19-9-11-28-12-10-19;;;/h2-8,15-16,19,28H,9-14,17H2,1H3;3*1H. The molecule has 1 amide bonds. The molecule has 198 valence electrons. The topological polar surface area (TPSA) is 59.4 Å². The fraction of sp³-hybridized carbons (Fsp3) is 0.360. The molecule has 4 rings (SSSR count). The van der Waals surface area contributed by atoms with E-state index in [-0.39, 0.29) is 54.9 Å². The fourth-order valence-electron chi connectivity index (χ4n) is 3.99. The van der Waals surface area contributed by atoms with Gasteiger partial charge in [0, 0.05) is 37.8 Å². The van der Waals surface area contributed by atoms with Gasteiger partial charge in [-0.25, -0.2) is 14.2 Å². The van der Waals surface area contributed by atoms with Crippen molar-refractivity contribution in [1.82, 2.24) is 19.8 Å². The zero-order valence-electron chi connectivity index (χ0n) is 19.9. The Morgan fingerprint density at radius 1 is 1.17 bits per heavy atom. The molecule has 0 unspecified atom stereocenters. The van der Waals surface area contributed by atoms with Gasteiger partial charge in [0.15, 0.2) is 0 Å². The molecule has 2 heterocycles. The van der Waals surface area contributed by atoms with Gasteiger partial charge in [-0.3, -0.25) is 0 Å². The summed E-state index contributed by atoms with van der Waals surface area (Å²) in [5.41, 5.74) is 2.47. The summed E-state index contributed by atoms with van der Waals surface area (Å²) in [4.78, 5) is 18.9. The van der Waals surface area contributed by atoms with Gasteiger partial charge in [-0.1, -0.05) is 41.9 Å². The first-order chi connectivity index (χ1) is 16.0. The van der Waals surface area contributed by atoms with E-state index in [1.807, 2.05) is 36.5 Å². The van der Waals surface area contributed by atoms with Crippen molar-refractivity contribution >= 4 is 54.9 Å². The predicted octanol–water partition coefficient (Wildman–Crippen LogP) is 6.34. The lowest BCUT2D eigenvalue weighted by molar-refractivity contribution is 0.103. The maximum atomic E-state index is 13.6. The van der Waals surface area contributed by atoms with Crippen LogP contribution in [0.2, 0.25) is 5.02 Å². The molecular formula is C25H31Cl4FN4O2. The molecule has 0 aliphatic carbocycles. The number of amides is 1. The number of aromatic nitrogens is 2. The Balaban J connectivity index is 0.00000216. The van der Waals surface area contributed by atoms with E-state index in [1.165, 1.54) is 6.07 Å². The van der Waals surface area contributed by atoms with Crippen molar-refractivity contribution in [2.24, 2.45) is 0 Å². The summed E-state index contributed by atoms with van der Waals surface area (Å²) < 4.78 is 21.2. The summed E-state index contributed by atoms with van der Waals surface area (Å²) in [6.45, 7) is 3.19. The van der Waals surface area contributed by atoms with E-state index >= 15 is 0 Å². The minimum atomic E-state index is -0.450. The average Bonchev–Trinajstić information content (AvgIpc) is 3.28. The quantitative estimate of drug-likeness (QED) is 0.354. The number of ether oxygens (including phenoxy) is 1. The maximum Gasteiger partial charge on any atom is 0.409 e. The first kappa shape index (κ1) is 32.0. The summed E-state index contributed by atoms with van der Waals surface area (Å²) in [5.74, 6) is 0.860. The lowest BCUT2D eigenvalue weighted by Gasteiger charge is -2.24. The zero-order valence-corrected chi connectivity index (χ0v) is 23.1. The van der Waals surface area contributed by atoms with Crippen LogP contribution in [0.1, 0.15) is 30.1 Å². The van der Waals surface area contributed by atoms with Gasteiger partial charge >= 0.3 is 6.09 Å². The van der Waals surface area contributed by atoms with E-state index in [9.17, 15) is 9.18 Å². The van der Waals surface area contributed by atoms with Crippen molar-refractivity contribution in [3.63, 3.8) is 0 Å². The number of carbonyl (C=O) groups excluding carboxylic acids is 1. The zero-order chi connectivity index (χ0) is 23.2. The Bertz CT molecular complexity index is 1090. The Morgan fingerprint density at radius 2 is 1.86 bits per heavy atom. The van der Waals surface area contributed by atoms with E-state index in [2.05, 4.69) is 9.88 Å². The third kappa shape index (κ3) is 8.25. The molecule has 1 aliphatic rings. The minimum Gasteiger partial charge on any atom is -0.445 e. The molecule has 6 nitrogen and oxygen atoms in total. The van der Waals surface area contributed by atoms with E-state index in [4.69, 9.17) is 21.3 Å². The molecule has 36 heavy (non-hydrogen) atoms. The molecule has 0 radical (unpaired) electrons. The molecule has 1 saturated heterocycles. The number of nitrogens with one attached hydrogen (secondary N) is 1. The fourth-order valence-corrected chi connectivity index (χ4v) is 4.17. The number of piperidine rings is 1.